The molecule has 1 fully saturated rings. The Kier molecular flexibility index (Phi) is 5.65. The van der Waals surface area contributed by atoms with Gasteiger partial charge < -0.3 is 15.3 Å². The maximum atomic E-state index is 11.3. The van der Waals surface area contributed by atoms with Gasteiger partial charge in [-0.25, -0.2) is 0 Å². The van der Waals surface area contributed by atoms with Gasteiger partial charge in [-0.1, -0.05) is 0 Å². The van der Waals surface area contributed by atoms with Crippen molar-refractivity contribution in [3.8, 4) is 0 Å². The van der Waals surface area contributed by atoms with Gasteiger partial charge in [0.2, 0.25) is 5.91 Å². The lowest BCUT2D eigenvalue weighted by atomic mass is 10.1. The van der Waals surface area contributed by atoms with E-state index in [4.69, 9.17) is 5.11 Å². The Hall–Kier alpha value is -0.610. The minimum Gasteiger partial charge on any atom is -0.396 e. The fourth-order valence-electron chi connectivity index (χ4n) is 1.94. The van der Waals surface area contributed by atoms with Gasteiger partial charge in [-0.2, -0.15) is 0 Å². The molecule has 88 valence electrons. The summed E-state index contributed by atoms with van der Waals surface area (Å²) in [4.78, 5) is 13.6. The molecule has 2 N–H and O–H groups in total. The Morgan fingerprint density at radius 1 is 1.53 bits per heavy atom. The largest absolute Gasteiger partial charge is 0.396 e. The lowest BCUT2D eigenvalue weighted by molar-refractivity contribution is -0.121. The number of carbonyl (C=O) groups excluding carboxylic acids is 1. The number of aliphatic hydroxyl groups is 1. The standard InChI is InChI=1S/C11H22N2O2/c1-13-6-5-10(9-13)8-12-11(15)4-2-3-7-14/h10,14H,2-9H2,1H3,(H,12,15). The van der Waals surface area contributed by atoms with Gasteiger partial charge in [-0.15, -0.1) is 0 Å². The van der Waals surface area contributed by atoms with Gasteiger partial charge in [0.05, 0.1) is 0 Å². The first-order chi connectivity index (χ1) is 7.22. The third kappa shape index (κ3) is 5.14. The van der Waals surface area contributed by atoms with Crippen LogP contribution in [0, 0.1) is 5.92 Å². The predicted octanol–water partition coefficient (Wildman–Crippen LogP) is 0.217. The third-order valence-corrected chi connectivity index (χ3v) is 2.89. The van der Waals surface area contributed by atoms with Crippen LogP contribution in [0.2, 0.25) is 0 Å². The summed E-state index contributed by atoms with van der Waals surface area (Å²) < 4.78 is 0. The van der Waals surface area contributed by atoms with Crippen LogP contribution in [0.5, 0.6) is 0 Å². The number of amides is 1. The zero-order chi connectivity index (χ0) is 11.1. The van der Waals surface area contributed by atoms with Crippen LogP contribution in [0.25, 0.3) is 0 Å². The molecule has 0 spiro atoms. The molecule has 0 aliphatic carbocycles. The van der Waals surface area contributed by atoms with Gasteiger partial charge in [0, 0.05) is 26.1 Å². The molecule has 4 nitrogen and oxygen atoms in total. The van der Waals surface area contributed by atoms with E-state index < -0.39 is 0 Å². The fourth-order valence-corrected chi connectivity index (χ4v) is 1.94. The van der Waals surface area contributed by atoms with E-state index in [1.54, 1.807) is 0 Å². The van der Waals surface area contributed by atoms with Gasteiger partial charge in [0.1, 0.15) is 0 Å². The smallest absolute Gasteiger partial charge is 0.220 e. The number of carbonyl (C=O) groups is 1. The number of unbranched alkanes of at least 4 members (excludes halogenated alkanes) is 1. The highest BCUT2D eigenvalue weighted by Gasteiger charge is 2.19. The van der Waals surface area contributed by atoms with Gasteiger partial charge in [-0.3, -0.25) is 4.79 Å². The van der Waals surface area contributed by atoms with Crippen LogP contribution in [0.3, 0.4) is 0 Å². The molecule has 4 heteroatoms. The minimum absolute atomic E-state index is 0.123. The Labute approximate surface area is 91.6 Å². The van der Waals surface area contributed by atoms with Crippen molar-refractivity contribution in [1.82, 2.24) is 10.2 Å². The van der Waals surface area contributed by atoms with Crippen molar-refractivity contribution in [2.45, 2.75) is 25.7 Å². The normalized spacial score (nSPS) is 21.9. The molecule has 0 saturated carbocycles. The first-order valence-electron chi connectivity index (χ1n) is 5.78. The van der Waals surface area contributed by atoms with Gasteiger partial charge in [0.25, 0.3) is 0 Å². The van der Waals surface area contributed by atoms with Crippen molar-refractivity contribution >= 4 is 5.91 Å². The molecule has 1 unspecified atom stereocenters. The van der Waals surface area contributed by atoms with Crippen LogP contribution in [0.15, 0.2) is 0 Å². The van der Waals surface area contributed by atoms with Gasteiger partial charge in [0.15, 0.2) is 0 Å². The summed E-state index contributed by atoms with van der Waals surface area (Å²) in [6.07, 6.45) is 3.24. The van der Waals surface area contributed by atoms with E-state index in [1.165, 1.54) is 6.42 Å². The topological polar surface area (TPSA) is 52.6 Å². The molecule has 1 amide bonds. The molecule has 0 bridgehead atoms. The molecule has 1 saturated heterocycles. The van der Waals surface area contributed by atoms with Crippen LogP contribution in [0.1, 0.15) is 25.7 Å². The maximum Gasteiger partial charge on any atom is 0.220 e. The van der Waals surface area contributed by atoms with E-state index in [9.17, 15) is 4.79 Å². The monoisotopic (exact) mass is 214 g/mol. The molecule has 0 aromatic heterocycles. The van der Waals surface area contributed by atoms with Gasteiger partial charge in [-0.05, 0) is 38.8 Å². The zero-order valence-corrected chi connectivity index (χ0v) is 9.54. The maximum absolute atomic E-state index is 11.3. The van der Waals surface area contributed by atoms with Crippen molar-refractivity contribution in [3.63, 3.8) is 0 Å². The van der Waals surface area contributed by atoms with Gasteiger partial charge >= 0.3 is 0 Å². The van der Waals surface area contributed by atoms with Crippen molar-refractivity contribution in [2.75, 3.05) is 33.3 Å². The molecular formula is C11H22N2O2. The fraction of sp³-hybridized carbons (Fsp3) is 0.909. The lowest BCUT2D eigenvalue weighted by Gasteiger charge is -2.11. The summed E-state index contributed by atoms with van der Waals surface area (Å²) in [7, 11) is 2.11. The molecule has 1 rings (SSSR count). The molecule has 15 heavy (non-hydrogen) atoms. The molecule has 0 aromatic rings. The quantitative estimate of drug-likeness (QED) is 0.622. The van der Waals surface area contributed by atoms with Crippen LogP contribution < -0.4 is 5.32 Å². The number of aliphatic hydroxyl groups excluding tert-OH is 1. The zero-order valence-electron chi connectivity index (χ0n) is 9.54. The second kappa shape index (κ2) is 6.80. The Bertz CT molecular complexity index is 197. The van der Waals surface area contributed by atoms with Crippen LogP contribution in [-0.2, 0) is 4.79 Å². The van der Waals surface area contributed by atoms with E-state index in [0.29, 0.717) is 12.3 Å². The first kappa shape index (κ1) is 12.5. The SMILES string of the molecule is CN1CCC(CNC(=O)CCCCO)C1. The Balaban J connectivity index is 2.01. The van der Waals surface area contributed by atoms with Crippen LogP contribution >= 0.6 is 0 Å². The minimum atomic E-state index is 0.123. The predicted molar refractivity (Wildman–Crippen MR) is 59.6 cm³/mol. The Morgan fingerprint density at radius 2 is 2.33 bits per heavy atom. The number of hydrogen-bond acceptors (Lipinski definition) is 3. The average molecular weight is 214 g/mol. The number of hydrogen-bond donors (Lipinski definition) is 2. The molecule has 1 heterocycles. The molecule has 0 radical (unpaired) electrons. The van der Waals surface area contributed by atoms with E-state index in [1.807, 2.05) is 0 Å². The Morgan fingerprint density at radius 3 is 2.93 bits per heavy atom. The van der Waals surface area contributed by atoms with E-state index in [-0.39, 0.29) is 12.5 Å². The molecule has 1 aliphatic heterocycles. The molecular weight excluding hydrogens is 192 g/mol. The van der Waals surface area contributed by atoms with Crippen LogP contribution in [-0.4, -0.2) is 49.2 Å². The highest BCUT2D eigenvalue weighted by Crippen LogP contribution is 2.12. The van der Waals surface area contributed by atoms with Crippen molar-refractivity contribution in [1.29, 1.82) is 0 Å². The summed E-state index contributed by atoms with van der Waals surface area (Å²) >= 11 is 0. The summed E-state index contributed by atoms with van der Waals surface area (Å²) in [5, 5.41) is 11.5. The van der Waals surface area contributed by atoms with E-state index in [0.717, 1.165) is 32.5 Å². The lowest BCUT2D eigenvalue weighted by Crippen LogP contribution is -2.30. The number of nitrogens with zero attached hydrogens (tertiary/aromatic N) is 1. The molecule has 1 aliphatic rings. The highest BCUT2D eigenvalue weighted by molar-refractivity contribution is 5.75. The summed E-state index contributed by atoms with van der Waals surface area (Å²) in [5.41, 5.74) is 0. The van der Waals surface area contributed by atoms with Crippen molar-refractivity contribution in [3.05, 3.63) is 0 Å². The summed E-state index contributed by atoms with van der Waals surface area (Å²) in [6.45, 7) is 3.23. The number of rotatable bonds is 6. The van der Waals surface area contributed by atoms with Crippen molar-refractivity contribution in [2.24, 2.45) is 5.92 Å². The van der Waals surface area contributed by atoms with E-state index in [2.05, 4.69) is 17.3 Å². The van der Waals surface area contributed by atoms with E-state index >= 15 is 0 Å². The van der Waals surface area contributed by atoms with Crippen LogP contribution in [0.4, 0.5) is 0 Å². The van der Waals surface area contributed by atoms with Crippen molar-refractivity contribution < 1.29 is 9.90 Å². The second-order valence-electron chi connectivity index (χ2n) is 4.40. The molecule has 1 atom stereocenters. The summed E-state index contributed by atoms with van der Waals surface area (Å²) in [5.74, 6) is 0.745. The summed E-state index contributed by atoms with van der Waals surface area (Å²) in [6, 6.07) is 0. The number of nitrogens with one attached hydrogen (secondary N) is 1. The third-order valence-electron chi connectivity index (χ3n) is 2.89. The number of likely N-dealkylation sites (tertiary alicyclic amines) is 1. The highest BCUT2D eigenvalue weighted by atomic mass is 16.2. The average Bonchev–Trinajstić information content (AvgIpc) is 2.62. The first-order valence-corrected chi connectivity index (χ1v) is 5.78. The second-order valence-corrected chi connectivity index (χ2v) is 4.40. The molecule has 0 aromatic carbocycles.